The highest BCUT2D eigenvalue weighted by atomic mass is 16.5. The molecule has 2 saturated heterocycles. The summed E-state index contributed by atoms with van der Waals surface area (Å²) in [6, 6.07) is 0. The molecule has 0 bridgehead atoms. The fourth-order valence-corrected chi connectivity index (χ4v) is 4.23. The zero-order chi connectivity index (χ0) is 14.7. The molecule has 2 heterocycles. The van der Waals surface area contributed by atoms with Crippen molar-refractivity contribution in [3.8, 4) is 0 Å². The molecule has 1 saturated carbocycles. The van der Waals surface area contributed by atoms with Crippen LogP contribution in [0, 0.1) is 11.8 Å². The minimum absolute atomic E-state index is 0.551. The first-order valence-corrected chi connectivity index (χ1v) is 8.89. The molecule has 21 heavy (non-hydrogen) atoms. The molecule has 2 aliphatic heterocycles. The molecule has 0 N–H and O–H groups in total. The molecular weight excluding hydrogens is 262 g/mol. The lowest BCUT2D eigenvalue weighted by Gasteiger charge is -2.43. The van der Waals surface area contributed by atoms with Crippen molar-refractivity contribution in [3.63, 3.8) is 0 Å². The summed E-state index contributed by atoms with van der Waals surface area (Å²) < 4.78 is 5.40. The average Bonchev–Trinajstić information content (AvgIpc) is 2.45. The zero-order valence-electron chi connectivity index (χ0n) is 14.0. The fourth-order valence-electron chi connectivity index (χ4n) is 4.23. The lowest BCUT2D eigenvalue weighted by molar-refractivity contribution is -0.0251. The molecule has 0 spiro atoms. The molecule has 3 fully saturated rings. The molecule has 1 aliphatic carbocycles. The maximum absolute atomic E-state index is 5.40. The van der Waals surface area contributed by atoms with Crippen molar-refractivity contribution in [1.29, 1.82) is 0 Å². The van der Waals surface area contributed by atoms with Gasteiger partial charge >= 0.3 is 0 Å². The van der Waals surface area contributed by atoms with Gasteiger partial charge in [0.25, 0.3) is 0 Å². The number of likely N-dealkylation sites (tertiary alicyclic amines) is 1. The van der Waals surface area contributed by atoms with Crippen molar-refractivity contribution < 1.29 is 4.74 Å². The van der Waals surface area contributed by atoms with Gasteiger partial charge in [-0.3, -0.25) is 9.80 Å². The van der Waals surface area contributed by atoms with Crippen LogP contribution in [0.3, 0.4) is 0 Å². The van der Waals surface area contributed by atoms with Crippen molar-refractivity contribution in [2.24, 2.45) is 11.8 Å². The van der Waals surface area contributed by atoms with Gasteiger partial charge in [0.1, 0.15) is 0 Å². The number of piperidine rings is 1. The number of nitrogens with zero attached hydrogens (tertiary/aromatic N) is 3. The van der Waals surface area contributed by atoms with E-state index in [1.165, 1.54) is 78.0 Å². The summed E-state index contributed by atoms with van der Waals surface area (Å²) in [4.78, 5) is 7.88. The van der Waals surface area contributed by atoms with Gasteiger partial charge in [-0.05, 0) is 64.1 Å². The SMILES string of the molecule is CO[C@H]1C[C@H](CN2CCCN(CC3CCN(C)CC3)C2)C1. The molecule has 0 aromatic heterocycles. The molecule has 0 amide bonds. The zero-order valence-corrected chi connectivity index (χ0v) is 14.0. The van der Waals surface area contributed by atoms with E-state index in [4.69, 9.17) is 4.74 Å². The van der Waals surface area contributed by atoms with E-state index >= 15 is 0 Å². The second-order valence-corrected chi connectivity index (χ2v) is 7.59. The summed E-state index contributed by atoms with van der Waals surface area (Å²) in [5, 5.41) is 0. The second kappa shape index (κ2) is 7.40. The van der Waals surface area contributed by atoms with Crippen LogP contribution in [-0.4, -0.2) is 80.9 Å². The number of ether oxygens (including phenoxy) is 1. The summed E-state index contributed by atoms with van der Waals surface area (Å²) in [5.41, 5.74) is 0. The Kier molecular flexibility index (Phi) is 5.54. The molecule has 0 unspecified atom stereocenters. The highest BCUT2D eigenvalue weighted by Crippen LogP contribution is 2.30. The molecule has 4 heteroatoms. The van der Waals surface area contributed by atoms with Crippen LogP contribution in [0.2, 0.25) is 0 Å². The van der Waals surface area contributed by atoms with Gasteiger partial charge in [0.15, 0.2) is 0 Å². The standard InChI is InChI=1S/C17H33N3O/c1-18-8-4-15(5-9-18)12-19-6-3-7-20(14-19)13-16-10-17(11-16)21-2/h15-17H,3-14H2,1-2H3/t16-,17-. The summed E-state index contributed by atoms with van der Waals surface area (Å²) in [6.45, 7) is 9.04. The predicted molar refractivity (Wildman–Crippen MR) is 86.4 cm³/mol. The minimum Gasteiger partial charge on any atom is -0.381 e. The molecule has 0 aromatic carbocycles. The maximum atomic E-state index is 5.40. The Morgan fingerprint density at radius 1 is 0.905 bits per heavy atom. The first-order valence-electron chi connectivity index (χ1n) is 8.89. The number of hydrogen-bond acceptors (Lipinski definition) is 4. The van der Waals surface area contributed by atoms with E-state index in [2.05, 4.69) is 21.7 Å². The largest absolute Gasteiger partial charge is 0.381 e. The molecule has 4 nitrogen and oxygen atoms in total. The smallest absolute Gasteiger partial charge is 0.0577 e. The third-order valence-electron chi connectivity index (χ3n) is 5.75. The monoisotopic (exact) mass is 295 g/mol. The molecule has 0 aromatic rings. The number of rotatable bonds is 5. The van der Waals surface area contributed by atoms with Crippen LogP contribution >= 0.6 is 0 Å². The number of hydrogen-bond donors (Lipinski definition) is 0. The fraction of sp³-hybridized carbons (Fsp3) is 1.00. The van der Waals surface area contributed by atoms with Crippen LogP contribution in [0.15, 0.2) is 0 Å². The van der Waals surface area contributed by atoms with E-state index in [0.29, 0.717) is 6.10 Å². The Morgan fingerprint density at radius 3 is 2.14 bits per heavy atom. The van der Waals surface area contributed by atoms with E-state index in [1.54, 1.807) is 0 Å². The van der Waals surface area contributed by atoms with Crippen LogP contribution in [0.1, 0.15) is 32.1 Å². The van der Waals surface area contributed by atoms with Crippen molar-refractivity contribution in [2.75, 3.05) is 60.1 Å². The topological polar surface area (TPSA) is 19.0 Å². The van der Waals surface area contributed by atoms with Crippen molar-refractivity contribution >= 4 is 0 Å². The van der Waals surface area contributed by atoms with Crippen LogP contribution in [0.25, 0.3) is 0 Å². The molecule has 0 radical (unpaired) electrons. The maximum Gasteiger partial charge on any atom is 0.0577 e. The van der Waals surface area contributed by atoms with Crippen LogP contribution in [0.5, 0.6) is 0 Å². The van der Waals surface area contributed by atoms with Gasteiger partial charge in [0, 0.05) is 33.3 Å². The Labute approximate surface area is 130 Å². The lowest BCUT2D eigenvalue weighted by Crippen LogP contribution is -2.50. The van der Waals surface area contributed by atoms with Gasteiger partial charge in [0.05, 0.1) is 12.8 Å². The van der Waals surface area contributed by atoms with Crippen molar-refractivity contribution in [2.45, 2.75) is 38.2 Å². The van der Waals surface area contributed by atoms with Crippen LogP contribution in [0.4, 0.5) is 0 Å². The van der Waals surface area contributed by atoms with Crippen molar-refractivity contribution in [3.05, 3.63) is 0 Å². The average molecular weight is 295 g/mol. The Balaban J connectivity index is 1.37. The Hall–Kier alpha value is -0.160. The highest BCUT2D eigenvalue weighted by molar-refractivity contribution is 4.84. The van der Waals surface area contributed by atoms with Gasteiger partial charge in [-0.15, -0.1) is 0 Å². The summed E-state index contributed by atoms with van der Waals surface area (Å²) in [5.74, 6) is 1.82. The lowest BCUT2D eigenvalue weighted by atomic mass is 9.82. The van der Waals surface area contributed by atoms with Crippen molar-refractivity contribution in [1.82, 2.24) is 14.7 Å². The molecule has 0 atom stereocenters. The third-order valence-corrected chi connectivity index (χ3v) is 5.75. The Morgan fingerprint density at radius 2 is 1.52 bits per heavy atom. The molecule has 122 valence electrons. The summed E-state index contributed by atoms with van der Waals surface area (Å²) in [6.07, 6.45) is 7.25. The van der Waals surface area contributed by atoms with E-state index in [9.17, 15) is 0 Å². The van der Waals surface area contributed by atoms with Crippen LogP contribution in [-0.2, 0) is 4.74 Å². The Bertz CT molecular complexity index is 311. The minimum atomic E-state index is 0.551. The predicted octanol–water partition coefficient (Wildman–Crippen LogP) is 1.72. The first kappa shape index (κ1) is 15.7. The van der Waals surface area contributed by atoms with E-state index in [0.717, 1.165) is 11.8 Å². The highest BCUT2D eigenvalue weighted by Gasteiger charge is 2.31. The van der Waals surface area contributed by atoms with E-state index < -0.39 is 0 Å². The number of methoxy groups -OCH3 is 1. The molecular formula is C17H33N3O. The quantitative estimate of drug-likeness (QED) is 0.769. The van der Waals surface area contributed by atoms with Crippen LogP contribution < -0.4 is 0 Å². The van der Waals surface area contributed by atoms with E-state index in [1.807, 2.05) is 7.11 Å². The van der Waals surface area contributed by atoms with Gasteiger partial charge in [0.2, 0.25) is 0 Å². The normalized spacial score (nSPS) is 34.0. The van der Waals surface area contributed by atoms with Gasteiger partial charge in [-0.2, -0.15) is 0 Å². The molecule has 3 aliphatic rings. The summed E-state index contributed by atoms with van der Waals surface area (Å²) >= 11 is 0. The summed E-state index contributed by atoms with van der Waals surface area (Å²) in [7, 11) is 4.11. The van der Waals surface area contributed by atoms with Gasteiger partial charge < -0.3 is 9.64 Å². The first-order chi connectivity index (χ1) is 10.2. The third kappa shape index (κ3) is 4.41. The second-order valence-electron chi connectivity index (χ2n) is 7.59. The van der Waals surface area contributed by atoms with Gasteiger partial charge in [-0.25, -0.2) is 0 Å². The van der Waals surface area contributed by atoms with Gasteiger partial charge in [-0.1, -0.05) is 0 Å². The van der Waals surface area contributed by atoms with E-state index in [-0.39, 0.29) is 0 Å². The molecule has 3 rings (SSSR count).